The molecule has 0 spiro atoms. The van der Waals surface area contributed by atoms with Gasteiger partial charge in [0.1, 0.15) is 0 Å². The molecule has 5 nitrogen and oxygen atoms in total. The number of carbonyl (C=O) groups is 2. The third-order valence-corrected chi connectivity index (χ3v) is 5.13. The van der Waals surface area contributed by atoms with Crippen LogP contribution in [0.5, 0.6) is 0 Å². The first-order valence-corrected chi connectivity index (χ1v) is 9.10. The molecule has 0 aromatic heterocycles. The van der Waals surface area contributed by atoms with Gasteiger partial charge in [0.05, 0.1) is 0 Å². The molecule has 2 aliphatic rings. The van der Waals surface area contributed by atoms with Crippen LogP contribution in [0.25, 0.3) is 0 Å². The number of benzene rings is 1. The molecule has 2 amide bonds. The molecule has 0 radical (unpaired) electrons. The normalized spacial score (nSPS) is 22.2. The molecule has 2 fully saturated rings. The summed E-state index contributed by atoms with van der Waals surface area (Å²) in [6.07, 6.45) is 5.03. The fraction of sp³-hybridized carbons (Fsp3) is 0.579. The van der Waals surface area contributed by atoms with Gasteiger partial charge >= 0.3 is 0 Å². The van der Waals surface area contributed by atoms with Gasteiger partial charge in [-0.15, -0.1) is 0 Å². The number of amides is 2. The molecule has 1 atom stereocenters. The van der Waals surface area contributed by atoms with Crippen LogP contribution in [0.2, 0.25) is 0 Å². The van der Waals surface area contributed by atoms with Crippen LogP contribution in [0.15, 0.2) is 30.3 Å². The second kappa shape index (κ2) is 8.29. The highest BCUT2D eigenvalue weighted by Crippen LogP contribution is 2.22. The Balaban J connectivity index is 1.58. The minimum absolute atomic E-state index is 0.0598. The number of carbonyl (C=O) groups excluding carboxylic acids is 2. The fourth-order valence-electron chi connectivity index (χ4n) is 3.71. The lowest BCUT2D eigenvalue weighted by Crippen LogP contribution is -2.52. The summed E-state index contributed by atoms with van der Waals surface area (Å²) in [5.74, 6) is 0.377. The molecule has 0 bridgehead atoms. The van der Waals surface area contributed by atoms with E-state index < -0.39 is 0 Å². The molecule has 2 heterocycles. The highest BCUT2D eigenvalue weighted by atomic mass is 16.2. The topological polar surface area (TPSA) is 61.4 Å². The molecular formula is C19H27N3O2. The van der Waals surface area contributed by atoms with Crippen molar-refractivity contribution in [2.24, 2.45) is 5.92 Å². The van der Waals surface area contributed by atoms with E-state index in [0.29, 0.717) is 12.1 Å². The van der Waals surface area contributed by atoms with Crippen LogP contribution in [-0.4, -0.2) is 48.9 Å². The molecular weight excluding hydrogens is 302 g/mol. The van der Waals surface area contributed by atoms with Gasteiger partial charge in [-0.2, -0.15) is 0 Å². The van der Waals surface area contributed by atoms with E-state index in [9.17, 15) is 9.59 Å². The Morgan fingerprint density at radius 1 is 1.08 bits per heavy atom. The van der Waals surface area contributed by atoms with Crippen LogP contribution in [0.3, 0.4) is 0 Å². The first-order chi connectivity index (χ1) is 11.8. The summed E-state index contributed by atoms with van der Waals surface area (Å²) in [5.41, 5.74) is 0.671. The molecule has 1 unspecified atom stereocenters. The Hall–Kier alpha value is -1.88. The average Bonchev–Trinajstić information content (AvgIpc) is 2.67. The molecule has 0 aliphatic carbocycles. The Morgan fingerprint density at radius 2 is 1.83 bits per heavy atom. The third-order valence-electron chi connectivity index (χ3n) is 5.13. The van der Waals surface area contributed by atoms with E-state index >= 15 is 0 Å². The van der Waals surface area contributed by atoms with Gasteiger partial charge in [-0.1, -0.05) is 18.2 Å². The summed E-state index contributed by atoms with van der Waals surface area (Å²) < 4.78 is 0. The largest absolute Gasteiger partial charge is 0.350 e. The van der Waals surface area contributed by atoms with E-state index in [-0.39, 0.29) is 23.8 Å². The van der Waals surface area contributed by atoms with Gasteiger partial charge in [-0.3, -0.25) is 9.59 Å². The molecule has 1 aromatic carbocycles. The second-order valence-electron chi connectivity index (χ2n) is 6.78. The summed E-state index contributed by atoms with van der Waals surface area (Å²) in [5, 5.41) is 6.33. The number of nitrogens with zero attached hydrogens (tertiary/aromatic N) is 1. The molecule has 2 saturated heterocycles. The molecule has 1 aromatic rings. The standard InChI is InChI=1S/C19H27N3O2/c23-18(15-6-2-1-3-7-15)21-14-17-8-4-5-13-22(17)19(24)16-9-11-20-12-10-16/h1-3,6-7,16-17,20H,4-5,8-14H2,(H,21,23). The van der Waals surface area contributed by atoms with Crippen molar-refractivity contribution in [3.63, 3.8) is 0 Å². The average molecular weight is 329 g/mol. The van der Waals surface area contributed by atoms with Gasteiger partial charge in [-0.05, 0) is 57.3 Å². The van der Waals surface area contributed by atoms with Gasteiger partial charge in [0.15, 0.2) is 0 Å². The summed E-state index contributed by atoms with van der Waals surface area (Å²) in [4.78, 5) is 27.1. The molecule has 130 valence electrons. The summed E-state index contributed by atoms with van der Waals surface area (Å²) >= 11 is 0. The van der Waals surface area contributed by atoms with Gasteiger partial charge in [0.2, 0.25) is 5.91 Å². The van der Waals surface area contributed by atoms with Gasteiger partial charge in [0, 0.05) is 30.6 Å². The fourth-order valence-corrected chi connectivity index (χ4v) is 3.71. The first kappa shape index (κ1) is 17.0. The summed E-state index contributed by atoms with van der Waals surface area (Å²) in [7, 11) is 0. The quantitative estimate of drug-likeness (QED) is 0.885. The van der Waals surface area contributed by atoms with Crippen LogP contribution in [0.1, 0.15) is 42.5 Å². The number of hydrogen-bond acceptors (Lipinski definition) is 3. The Labute approximate surface area is 143 Å². The van der Waals surface area contributed by atoms with Crippen molar-refractivity contribution >= 4 is 11.8 Å². The van der Waals surface area contributed by atoms with Gasteiger partial charge < -0.3 is 15.5 Å². The maximum Gasteiger partial charge on any atom is 0.251 e. The van der Waals surface area contributed by atoms with E-state index in [1.807, 2.05) is 35.2 Å². The predicted octanol–water partition coefficient (Wildman–Crippen LogP) is 1.80. The van der Waals surface area contributed by atoms with Crippen molar-refractivity contribution < 1.29 is 9.59 Å². The molecule has 3 rings (SSSR count). The lowest BCUT2D eigenvalue weighted by Gasteiger charge is -2.38. The van der Waals surface area contributed by atoms with Crippen LogP contribution < -0.4 is 10.6 Å². The summed E-state index contributed by atoms with van der Waals surface area (Å²) in [6.45, 7) is 3.23. The van der Waals surface area contributed by atoms with Crippen molar-refractivity contribution in [1.29, 1.82) is 0 Å². The van der Waals surface area contributed by atoms with E-state index in [0.717, 1.165) is 51.7 Å². The van der Waals surface area contributed by atoms with E-state index in [1.54, 1.807) is 0 Å². The molecule has 2 N–H and O–H groups in total. The van der Waals surface area contributed by atoms with Crippen molar-refractivity contribution in [3.8, 4) is 0 Å². The Kier molecular flexibility index (Phi) is 5.86. The number of rotatable bonds is 4. The van der Waals surface area contributed by atoms with Crippen molar-refractivity contribution in [2.75, 3.05) is 26.2 Å². The van der Waals surface area contributed by atoms with Crippen molar-refractivity contribution in [2.45, 2.75) is 38.1 Å². The van der Waals surface area contributed by atoms with Crippen molar-refractivity contribution in [3.05, 3.63) is 35.9 Å². The number of hydrogen-bond donors (Lipinski definition) is 2. The van der Waals surface area contributed by atoms with E-state index in [2.05, 4.69) is 10.6 Å². The maximum absolute atomic E-state index is 12.9. The zero-order valence-electron chi connectivity index (χ0n) is 14.2. The Morgan fingerprint density at radius 3 is 2.58 bits per heavy atom. The van der Waals surface area contributed by atoms with E-state index in [4.69, 9.17) is 0 Å². The molecule has 2 aliphatic heterocycles. The lowest BCUT2D eigenvalue weighted by molar-refractivity contribution is -0.140. The smallest absolute Gasteiger partial charge is 0.251 e. The molecule has 0 saturated carbocycles. The second-order valence-corrected chi connectivity index (χ2v) is 6.78. The maximum atomic E-state index is 12.9. The van der Waals surface area contributed by atoms with Crippen LogP contribution in [-0.2, 0) is 4.79 Å². The van der Waals surface area contributed by atoms with Crippen LogP contribution >= 0.6 is 0 Å². The lowest BCUT2D eigenvalue weighted by atomic mass is 9.93. The third kappa shape index (κ3) is 4.15. The predicted molar refractivity (Wildman–Crippen MR) is 93.7 cm³/mol. The summed E-state index contributed by atoms with van der Waals surface area (Å²) in [6, 6.07) is 9.39. The molecule has 24 heavy (non-hydrogen) atoms. The highest BCUT2D eigenvalue weighted by Gasteiger charge is 2.32. The Bertz CT molecular complexity index is 555. The minimum atomic E-state index is -0.0598. The van der Waals surface area contributed by atoms with Crippen molar-refractivity contribution in [1.82, 2.24) is 15.5 Å². The highest BCUT2D eigenvalue weighted by molar-refractivity contribution is 5.94. The zero-order chi connectivity index (χ0) is 16.8. The molecule has 5 heteroatoms. The SMILES string of the molecule is O=C(NCC1CCCCN1C(=O)C1CCNCC1)c1ccccc1. The minimum Gasteiger partial charge on any atom is -0.350 e. The first-order valence-electron chi connectivity index (χ1n) is 9.10. The van der Waals surface area contributed by atoms with Crippen LogP contribution in [0, 0.1) is 5.92 Å². The number of piperidine rings is 2. The monoisotopic (exact) mass is 329 g/mol. The number of likely N-dealkylation sites (tertiary alicyclic amines) is 1. The van der Waals surface area contributed by atoms with Gasteiger partial charge in [-0.25, -0.2) is 0 Å². The van der Waals surface area contributed by atoms with Gasteiger partial charge in [0.25, 0.3) is 5.91 Å². The van der Waals surface area contributed by atoms with Crippen LogP contribution in [0.4, 0.5) is 0 Å². The van der Waals surface area contributed by atoms with E-state index in [1.165, 1.54) is 0 Å². The zero-order valence-corrected chi connectivity index (χ0v) is 14.2. The number of nitrogens with one attached hydrogen (secondary N) is 2.